The van der Waals surface area contributed by atoms with Crippen molar-refractivity contribution in [2.75, 3.05) is 0 Å². The van der Waals surface area contributed by atoms with Crippen LogP contribution in [0, 0.1) is 5.41 Å². The molecule has 0 atom stereocenters. The molecule has 1 aliphatic rings. The molecule has 1 heterocycles. The van der Waals surface area contributed by atoms with Gasteiger partial charge in [0.2, 0.25) is 0 Å². The van der Waals surface area contributed by atoms with Gasteiger partial charge >= 0.3 is 0 Å². The van der Waals surface area contributed by atoms with Gasteiger partial charge in [0.1, 0.15) is 0 Å². The van der Waals surface area contributed by atoms with Gasteiger partial charge in [-0.3, -0.25) is 0 Å². The lowest BCUT2D eigenvalue weighted by atomic mass is 9.75. The molecule has 0 nitrogen and oxygen atoms in total. The lowest BCUT2D eigenvalue weighted by Crippen LogP contribution is -2.32. The monoisotopic (exact) mass is 170 g/mol. The Bertz CT molecular complexity index is 209. The van der Waals surface area contributed by atoms with Crippen LogP contribution in [0.1, 0.15) is 41.5 Å². The van der Waals surface area contributed by atoms with Crippen LogP contribution in [0.25, 0.3) is 0 Å². The van der Waals surface area contributed by atoms with Crippen LogP contribution in [-0.4, -0.2) is 4.75 Å². The van der Waals surface area contributed by atoms with Gasteiger partial charge in [0, 0.05) is 10.2 Å². The molecule has 0 bridgehead atoms. The maximum Gasteiger partial charge on any atom is 0.0235 e. The Morgan fingerprint density at radius 3 is 1.55 bits per heavy atom. The van der Waals surface area contributed by atoms with Crippen LogP contribution >= 0.6 is 11.8 Å². The Hall–Kier alpha value is 0.0900. The van der Waals surface area contributed by atoms with E-state index in [0.717, 1.165) is 0 Å². The molecule has 0 spiro atoms. The fraction of sp³-hybridized carbons (Fsp3) is 0.800. The van der Waals surface area contributed by atoms with Gasteiger partial charge in [-0.15, -0.1) is 11.8 Å². The van der Waals surface area contributed by atoms with E-state index in [4.69, 9.17) is 0 Å². The van der Waals surface area contributed by atoms with Gasteiger partial charge < -0.3 is 0 Å². The second-order valence-corrected chi connectivity index (χ2v) is 6.26. The molecule has 1 aliphatic heterocycles. The van der Waals surface area contributed by atoms with E-state index >= 15 is 0 Å². The van der Waals surface area contributed by atoms with Crippen molar-refractivity contribution < 1.29 is 0 Å². The summed E-state index contributed by atoms with van der Waals surface area (Å²) in [6.45, 7) is 13.8. The molecule has 0 aromatic heterocycles. The number of rotatable bonds is 0. The normalized spacial score (nSPS) is 27.8. The molecular weight excluding hydrogens is 152 g/mol. The summed E-state index contributed by atoms with van der Waals surface area (Å²) in [5, 5.41) is 0. The summed E-state index contributed by atoms with van der Waals surface area (Å²) in [4.78, 5) is 1.51. The van der Waals surface area contributed by atoms with E-state index in [2.05, 4.69) is 41.5 Å². The van der Waals surface area contributed by atoms with Crippen molar-refractivity contribution in [2.45, 2.75) is 46.3 Å². The minimum atomic E-state index is 0.363. The van der Waals surface area contributed by atoms with Crippen LogP contribution in [0.5, 0.6) is 0 Å². The van der Waals surface area contributed by atoms with Crippen molar-refractivity contribution in [3.63, 3.8) is 0 Å². The first kappa shape index (κ1) is 9.18. The van der Waals surface area contributed by atoms with Crippen LogP contribution < -0.4 is 0 Å². The van der Waals surface area contributed by atoms with Crippen molar-refractivity contribution in [1.29, 1.82) is 0 Å². The molecule has 1 rings (SSSR count). The Kier molecular flexibility index (Phi) is 1.91. The van der Waals surface area contributed by atoms with Gasteiger partial charge in [-0.2, -0.15) is 0 Å². The summed E-state index contributed by atoms with van der Waals surface area (Å²) in [7, 11) is 0. The highest BCUT2D eigenvalue weighted by molar-refractivity contribution is 8.04. The molecular formula is C10H18S. The summed E-state index contributed by atoms with van der Waals surface area (Å²) >= 11 is 2.02. The maximum absolute atomic E-state index is 2.34. The molecule has 0 radical (unpaired) electrons. The first-order valence-corrected chi connectivity index (χ1v) is 4.97. The number of thioether (sulfide) groups is 1. The Labute approximate surface area is 74.5 Å². The molecule has 0 aromatic carbocycles. The van der Waals surface area contributed by atoms with Crippen molar-refractivity contribution in [3.8, 4) is 0 Å². The number of hydrogen-bond donors (Lipinski definition) is 0. The summed E-state index contributed by atoms with van der Waals surface area (Å²) in [6, 6.07) is 0. The summed E-state index contributed by atoms with van der Waals surface area (Å²) < 4.78 is 0.376. The predicted molar refractivity (Wildman–Crippen MR) is 53.8 cm³/mol. The van der Waals surface area contributed by atoms with Crippen LogP contribution in [-0.2, 0) is 0 Å². The number of hydrogen-bond acceptors (Lipinski definition) is 1. The second-order valence-electron chi connectivity index (χ2n) is 4.42. The SMILES string of the molecule is CC1=C(C)C(C)(C)C(C)(C)S1. The van der Waals surface area contributed by atoms with E-state index < -0.39 is 0 Å². The summed E-state index contributed by atoms with van der Waals surface area (Å²) in [5.74, 6) is 0. The first-order valence-electron chi connectivity index (χ1n) is 4.16. The molecule has 1 heteroatoms. The highest BCUT2D eigenvalue weighted by atomic mass is 32.2. The molecule has 0 fully saturated rings. The zero-order valence-electron chi connectivity index (χ0n) is 8.41. The van der Waals surface area contributed by atoms with Crippen molar-refractivity contribution in [2.24, 2.45) is 5.41 Å². The fourth-order valence-corrected chi connectivity index (χ4v) is 3.06. The quantitative estimate of drug-likeness (QED) is 0.532. The van der Waals surface area contributed by atoms with E-state index in [0.29, 0.717) is 10.2 Å². The van der Waals surface area contributed by atoms with Gasteiger partial charge in [0.15, 0.2) is 0 Å². The van der Waals surface area contributed by atoms with E-state index in [1.165, 1.54) is 4.91 Å². The highest BCUT2D eigenvalue weighted by Gasteiger charge is 2.44. The zero-order valence-corrected chi connectivity index (χ0v) is 9.22. The van der Waals surface area contributed by atoms with E-state index in [-0.39, 0.29) is 0 Å². The Balaban J connectivity index is 3.08. The zero-order chi connectivity index (χ0) is 8.86. The Morgan fingerprint density at radius 2 is 1.45 bits per heavy atom. The van der Waals surface area contributed by atoms with Gasteiger partial charge in [-0.1, -0.05) is 19.4 Å². The standard InChI is InChI=1S/C10H18S/c1-7-8(2)11-10(5,6)9(7,3)4/h1-6H3. The highest BCUT2D eigenvalue weighted by Crippen LogP contribution is 2.56. The third-order valence-corrected chi connectivity index (χ3v) is 5.01. The average molecular weight is 170 g/mol. The van der Waals surface area contributed by atoms with E-state index in [9.17, 15) is 0 Å². The third kappa shape index (κ3) is 1.14. The van der Waals surface area contributed by atoms with E-state index in [1.54, 1.807) is 5.57 Å². The van der Waals surface area contributed by atoms with Crippen LogP contribution in [0.15, 0.2) is 10.5 Å². The average Bonchev–Trinajstić information content (AvgIpc) is 1.93. The topological polar surface area (TPSA) is 0 Å². The third-order valence-electron chi connectivity index (χ3n) is 3.38. The van der Waals surface area contributed by atoms with Gasteiger partial charge in [-0.05, 0) is 32.6 Å². The van der Waals surface area contributed by atoms with Crippen LogP contribution in [0.3, 0.4) is 0 Å². The molecule has 0 amide bonds. The Morgan fingerprint density at radius 1 is 1.00 bits per heavy atom. The van der Waals surface area contributed by atoms with Crippen LogP contribution in [0.2, 0.25) is 0 Å². The molecule has 0 saturated heterocycles. The van der Waals surface area contributed by atoms with Crippen LogP contribution in [0.4, 0.5) is 0 Å². The molecule has 0 unspecified atom stereocenters. The van der Waals surface area contributed by atoms with Crippen molar-refractivity contribution in [1.82, 2.24) is 0 Å². The van der Waals surface area contributed by atoms with Crippen molar-refractivity contribution >= 4 is 11.8 Å². The molecule has 0 saturated carbocycles. The second kappa shape index (κ2) is 2.29. The molecule has 0 N–H and O–H groups in total. The molecule has 64 valence electrons. The maximum atomic E-state index is 2.34. The lowest BCUT2D eigenvalue weighted by Gasteiger charge is -2.35. The number of allylic oxidation sites excluding steroid dienone is 2. The largest absolute Gasteiger partial charge is 0.124 e. The smallest absolute Gasteiger partial charge is 0.0235 e. The molecule has 11 heavy (non-hydrogen) atoms. The minimum absolute atomic E-state index is 0.363. The van der Waals surface area contributed by atoms with Crippen molar-refractivity contribution in [3.05, 3.63) is 10.5 Å². The van der Waals surface area contributed by atoms with Gasteiger partial charge in [0.05, 0.1) is 0 Å². The fourth-order valence-electron chi connectivity index (χ4n) is 1.48. The van der Waals surface area contributed by atoms with E-state index in [1.807, 2.05) is 11.8 Å². The summed E-state index contributed by atoms with van der Waals surface area (Å²) in [5.41, 5.74) is 1.93. The van der Waals surface area contributed by atoms with Gasteiger partial charge in [-0.25, -0.2) is 0 Å². The lowest BCUT2D eigenvalue weighted by molar-refractivity contribution is 0.356. The van der Waals surface area contributed by atoms with Gasteiger partial charge in [0.25, 0.3) is 0 Å². The first-order chi connectivity index (χ1) is 4.79. The summed E-state index contributed by atoms with van der Waals surface area (Å²) in [6.07, 6.45) is 0. The predicted octanol–water partition coefficient (Wildman–Crippen LogP) is 3.83. The minimum Gasteiger partial charge on any atom is -0.124 e. The molecule has 0 aliphatic carbocycles. The molecule has 0 aromatic rings.